The Kier molecular flexibility index (Phi) is 6.90. The van der Waals surface area contributed by atoms with E-state index in [0.29, 0.717) is 28.9 Å². The standard InChI is InChI=1S/C22H22F2N4O2/c1-2-20-19(14-27-28(20)18-8-6-16(23)7-9-18)22(30)26-11-10-25-21(29)13-15-4-3-5-17(24)12-15/h3-9,12,14H,2,10-11,13H2,1H3,(H,25,29)(H,26,30). The summed E-state index contributed by atoms with van der Waals surface area (Å²) in [7, 11) is 0. The van der Waals surface area contributed by atoms with E-state index in [4.69, 9.17) is 0 Å². The van der Waals surface area contributed by atoms with Crippen molar-refractivity contribution in [1.82, 2.24) is 20.4 Å². The number of benzene rings is 2. The van der Waals surface area contributed by atoms with E-state index in [9.17, 15) is 18.4 Å². The monoisotopic (exact) mass is 412 g/mol. The molecule has 0 atom stereocenters. The summed E-state index contributed by atoms with van der Waals surface area (Å²) in [6, 6.07) is 11.7. The molecule has 0 spiro atoms. The maximum absolute atomic E-state index is 13.2. The van der Waals surface area contributed by atoms with E-state index in [1.807, 2.05) is 6.92 Å². The van der Waals surface area contributed by atoms with Gasteiger partial charge in [0, 0.05) is 13.1 Å². The molecule has 8 heteroatoms. The highest BCUT2D eigenvalue weighted by Gasteiger charge is 2.17. The number of nitrogens with zero attached hydrogens (tertiary/aromatic N) is 2. The molecule has 0 aliphatic carbocycles. The highest BCUT2D eigenvalue weighted by atomic mass is 19.1. The van der Waals surface area contributed by atoms with Crippen molar-refractivity contribution in [3.05, 3.63) is 83.2 Å². The first kappa shape index (κ1) is 21.2. The number of halogens is 2. The molecule has 3 rings (SSSR count). The second-order valence-corrected chi connectivity index (χ2v) is 6.66. The molecule has 2 aromatic carbocycles. The molecule has 0 radical (unpaired) electrons. The Morgan fingerprint density at radius 2 is 1.73 bits per heavy atom. The van der Waals surface area contributed by atoms with Crippen molar-refractivity contribution in [3.63, 3.8) is 0 Å². The van der Waals surface area contributed by atoms with Crippen molar-refractivity contribution < 1.29 is 18.4 Å². The van der Waals surface area contributed by atoms with Gasteiger partial charge in [-0.3, -0.25) is 9.59 Å². The Morgan fingerprint density at radius 1 is 1.00 bits per heavy atom. The number of amides is 2. The largest absolute Gasteiger partial charge is 0.354 e. The Hall–Kier alpha value is -3.55. The molecule has 0 bridgehead atoms. The van der Waals surface area contributed by atoms with Crippen molar-refractivity contribution >= 4 is 11.8 Å². The molecule has 0 aliphatic rings. The van der Waals surface area contributed by atoms with Gasteiger partial charge in [0.25, 0.3) is 5.91 Å². The predicted molar refractivity (Wildman–Crippen MR) is 108 cm³/mol. The number of hydrogen-bond acceptors (Lipinski definition) is 3. The van der Waals surface area contributed by atoms with E-state index in [2.05, 4.69) is 15.7 Å². The maximum Gasteiger partial charge on any atom is 0.254 e. The minimum absolute atomic E-state index is 0.0656. The predicted octanol–water partition coefficient (Wildman–Crippen LogP) is 2.80. The number of rotatable bonds is 8. The van der Waals surface area contributed by atoms with Gasteiger partial charge in [-0.15, -0.1) is 0 Å². The van der Waals surface area contributed by atoms with Gasteiger partial charge in [-0.25, -0.2) is 13.5 Å². The van der Waals surface area contributed by atoms with Crippen LogP contribution in [-0.4, -0.2) is 34.7 Å². The van der Waals surface area contributed by atoms with E-state index in [1.54, 1.807) is 28.9 Å². The zero-order valence-electron chi connectivity index (χ0n) is 16.5. The number of nitrogens with one attached hydrogen (secondary N) is 2. The number of hydrogen-bond donors (Lipinski definition) is 2. The van der Waals surface area contributed by atoms with Gasteiger partial charge in [0.1, 0.15) is 11.6 Å². The van der Waals surface area contributed by atoms with Gasteiger partial charge < -0.3 is 10.6 Å². The number of carbonyl (C=O) groups is 2. The summed E-state index contributed by atoms with van der Waals surface area (Å²) in [5.41, 5.74) is 2.37. The van der Waals surface area contributed by atoms with Crippen LogP contribution in [0.15, 0.2) is 54.7 Å². The van der Waals surface area contributed by atoms with Crippen molar-refractivity contribution in [3.8, 4) is 5.69 Å². The molecular formula is C22H22F2N4O2. The van der Waals surface area contributed by atoms with E-state index >= 15 is 0 Å². The minimum Gasteiger partial charge on any atom is -0.354 e. The Morgan fingerprint density at radius 3 is 2.43 bits per heavy atom. The van der Waals surface area contributed by atoms with Crippen LogP contribution in [0.1, 0.15) is 28.5 Å². The molecule has 2 N–H and O–H groups in total. The Bertz CT molecular complexity index is 1030. The third kappa shape index (κ3) is 5.28. The Balaban J connectivity index is 1.52. The van der Waals surface area contributed by atoms with Gasteiger partial charge in [0.15, 0.2) is 0 Å². The van der Waals surface area contributed by atoms with Crippen LogP contribution in [0.3, 0.4) is 0 Å². The molecule has 1 heterocycles. The van der Waals surface area contributed by atoms with Crippen LogP contribution in [0.4, 0.5) is 8.78 Å². The lowest BCUT2D eigenvalue weighted by Gasteiger charge is -2.09. The molecule has 30 heavy (non-hydrogen) atoms. The number of carbonyl (C=O) groups excluding carboxylic acids is 2. The molecule has 0 saturated heterocycles. The van der Waals surface area contributed by atoms with Crippen LogP contribution < -0.4 is 10.6 Å². The Labute approximate surface area is 172 Å². The van der Waals surface area contributed by atoms with Crippen LogP contribution in [0.5, 0.6) is 0 Å². The van der Waals surface area contributed by atoms with Crippen molar-refractivity contribution in [2.24, 2.45) is 0 Å². The van der Waals surface area contributed by atoms with Crippen LogP contribution in [0.2, 0.25) is 0 Å². The first-order chi connectivity index (χ1) is 14.5. The fourth-order valence-electron chi connectivity index (χ4n) is 3.08. The zero-order valence-corrected chi connectivity index (χ0v) is 16.5. The molecule has 6 nitrogen and oxygen atoms in total. The van der Waals surface area contributed by atoms with Crippen molar-refractivity contribution in [2.45, 2.75) is 19.8 Å². The smallest absolute Gasteiger partial charge is 0.254 e. The summed E-state index contributed by atoms with van der Waals surface area (Å²) in [5.74, 6) is -1.30. The molecule has 0 saturated carbocycles. The van der Waals surface area contributed by atoms with Crippen molar-refractivity contribution in [2.75, 3.05) is 13.1 Å². The third-order valence-electron chi connectivity index (χ3n) is 4.51. The zero-order chi connectivity index (χ0) is 21.5. The highest BCUT2D eigenvalue weighted by Crippen LogP contribution is 2.16. The van der Waals surface area contributed by atoms with Gasteiger partial charge in [0.2, 0.25) is 5.91 Å². The van der Waals surface area contributed by atoms with E-state index in [-0.39, 0.29) is 43.0 Å². The van der Waals surface area contributed by atoms with E-state index in [1.165, 1.54) is 30.5 Å². The summed E-state index contributed by atoms with van der Waals surface area (Å²) in [6.07, 6.45) is 2.10. The van der Waals surface area contributed by atoms with Gasteiger partial charge in [-0.1, -0.05) is 19.1 Å². The van der Waals surface area contributed by atoms with Gasteiger partial charge in [0.05, 0.1) is 29.6 Å². The summed E-state index contributed by atoms with van der Waals surface area (Å²) in [6.45, 7) is 2.38. The molecule has 156 valence electrons. The number of aromatic nitrogens is 2. The maximum atomic E-state index is 13.2. The van der Waals surface area contributed by atoms with Crippen LogP contribution in [-0.2, 0) is 17.6 Å². The molecule has 0 unspecified atom stereocenters. The molecule has 0 fully saturated rings. The fourth-order valence-corrected chi connectivity index (χ4v) is 3.08. The SMILES string of the molecule is CCc1c(C(=O)NCCNC(=O)Cc2cccc(F)c2)cnn1-c1ccc(F)cc1. The second-order valence-electron chi connectivity index (χ2n) is 6.66. The molecule has 0 aliphatic heterocycles. The molecular weight excluding hydrogens is 390 g/mol. The summed E-state index contributed by atoms with van der Waals surface area (Å²) in [5, 5.41) is 9.69. The van der Waals surface area contributed by atoms with Crippen LogP contribution >= 0.6 is 0 Å². The lowest BCUT2D eigenvalue weighted by molar-refractivity contribution is -0.120. The summed E-state index contributed by atoms with van der Waals surface area (Å²) >= 11 is 0. The van der Waals surface area contributed by atoms with E-state index in [0.717, 1.165) is 0 Å². The fraction of sp³-hybridized carbons (Fsp3) is 0.227. The average molecular weight is 412 g/mol. The minimum atomic E-state index is -0.388. The van der Waals surface area contributed by atoms with Crippen LogP contribution in [0.25, 0.3) is 5.69 Å². The first-order valence-electron chi connectivity index (χ1n) is 9.60. The first-order valence-corrected chi connectivity index (χ1v) is 9.60. The lowest BCUT2D eigenvalue weighted by atomic mass is 10.1. The van der Waals surface area contributed by atoms with Crippen molar-refractivity contribution in [1.29, 1.82) is 0 Å². The van der Waals surface area contributed by atoms with Crippen LogP contribution in [0, 0.1) is 11.6 Å². The second kappa shape index (κ2) is 9.78. The lowest BCUT2D eigenvalue weighted by Crippen LogP contribution is -2.35. The third-order valence-corrected chi connectivity index (χ3v) is 4.51. The van der Waals surface area contributed by atoms with E-state index < -0.39 is 0 Å². The quantitative estimate of drug-likeness (QED) is 0.559. The van der Waals surface area contributed by atoms with Gasteiger partial charge in [-0.05, 0) is 48.4 Å². The average Bonchev–Trinajstić information content (AvgIpc) is 3.16. The molecule has 1 aromatic heterocycles. The molecule has 2 amide bonds. The topological polar surface area (TPSA) is 76.0 Å². The summed E-state index contributed by atoms with van der Waals surface area (Å²) in [4.78, 5) is 24.5. The summed E-state index contributed by atoms with van der Waals surface area (Å²) < 4.78 is 27.9. The highest BCUT2D eigenvalue weighted by molar-refractivity contribution is 5.95. The van der Waals surface area contributed by atoms with Gasteiger partial charge >= 0.3 is 0 Å². The normalized spacial score (nSPS) is 10.6. The molecule has 3 aromatic rings. The van der Waals surface area contributed by atoms with Gasteiger partial charge in [-0.2, -0.15) is 5.10 Å².